The zero-order chi connectivity index (χ0) is 14.3. The van der Waals surface area contributed by atoms with Crippen molar-refractivity contribution in [3.63, 3.8) is 0 Å². The number of halogens is 1. The van der Waals surface area contributed by atoms with E-state index in [1.54, 1.807) is 0 Å². The van der Waals surface area contributed by atoms with Gasteiger partial charge in [-0.1, -0.05) is 54.8 Å². The SMILES string of the molecule is Clc1cc(C2CC2)nc(C2(c3ccccc3)CCCC2)n1. The van der Waals surface area contributed by atoms with Gasteiger partial charge in [-0.15, -0.1) is 0 Å². The zero-order valence-corrected chi connectivity index (χ0v) is 12.8. The molecule has 0 saturated heterocycles. The van der Waals surface area contributed by atoms with Crippen LogP contribution in [0.3, 0.4) is 0 Å². The van der Waals surface area contributed by atoms with Crippen molar-refractivity contribution < 1.29 is 0 Å². The van der Waals surface area contributed by atoms with Gasteiger partial charge in [-0.3, -0.25) is 0 Å². The molecule has 1 aromatic heterocycles. The summed E-state index contributed by atoms with van der Waals surface area (Å²) < 4.78 is 0. The number of benzene rings is 1. The Morgan fingerprint density at radius 1 is 1.00 bits per heavy atom. The van der Waals surface area contributed by atoms with Crippen LogP contribution in [0.2, 0.25) is 5.15 Å². The summed E-state index contributed by atoms with van der Waals surface area (Å²) in [7, 11) is 0. The van der Waals surface area contributed by atoms with Crippen LogP contribution < -0.4 is 0 Å². The van der Waals surface area contributed by atoms with Crippen molar-refractivity contribution in [2.45, 2.75) is 49.9 Å². The molecule has 2 aliphatic carbocycles. The maximum absolute atomic E-state index is 6.30. The molecule has 108 valence electrons. The Morgan fingerprint density at radius 3 is 2.38 bits per heavy atom. The first kappa shape index (κ1) is 13.3. The second kappa shape index (κ2) is 5.10. The summed E-state index contributed by atoms with van der Waals surface area (Å²) in [6.07, 6.45) is 7.21. The van der Waals surface area contributed by atoms with E-state index in [9.17, 15) is 0 Å². The number of aromatic nitrogens is 2. The molecule has 0 unspecified atom stereocenters. The highest BCUT2D eigenvalue weighted by molar-refractivity contribution is 6.29. The summed E-state index contributed by atoms with van der Waals surface area (Å²) in [5.74, 6) is 1.55. The summed E-state index contributed by atoms with van der Waals surface area (Å²) in [5.41, 5.74) is 2.45. The molecule has 0 aliphatic heterocycles. The topological polar surface area (TPSA) is 25.8 Å². The quantitative estimate of drug-likeness (QED) is 0.756. The highest BCUT2D eigenvalue weighted by Crippen LogP contribution is 2.46. The maximum atomic E-state index is 6.30. The fraction of sp³-hybridized carbons (Fsp3) is 0.444. The van der Waals surface area contributed by atoms with E-state index < -0.39 is 0 Å². The van der Waals surface area contributed by atoms with Crippen LogP contribution in [0.5, 0.6) is 0 Å². The molecule has 0 N–H and O–H groups in total. The molecular formula is C18H19ClN2. The van der Waals surface area contributed by atoms with Crippen molar-refractivity contribution in [1.29, 1.82) is 0 Å². The molecule has 0 atom stereocenters. The predicted molar refractivity (Wildman–Crippen MR) is 84.7 cm³/mol. The average Bonchev–Trinajstić information content (AvgIpc) is 3.25. The van der Waals surface area contributed by atoms with Crippen molar-refractivity contribution in [2.75, 3.05) is 0 Å². The second-order valence-corrected chi connectivity index (χ2v) is 6.76. The van der Waals surface area contributed by atoms with E-state index in [1.807, 2.05) is 6.07 Å². The van der Waals surface area contributed by atoms with Crippen LogP contribution in [-0.2, 0) is 5.41 Å². The van der Waals surface area contributed by atoms with Gasteiger partial charge in [0.1, 0.15) is 11.0 Å². The lowest BCUT2D eigenvalue weighted by Crippen LogP contribution is -2.27. The van der Waals surface area contributed by atoms with Crippen LogP contribution in [0.25, 0.3) is 0 Å². The first-order valence-electron chi connectivity index (χ1n) is 7.88. The van der Waals surface area contributed by atoms with Crippen LogP contribution >= 0.6 is 11.6 Å². The number of hydrogen-bond acceptors (Lipinski definition) is 2. The summed E-state index contributed by atoms with van der Waals surface area (Å²) >= 11 is 6.30. The van der Waals surface area contributed by atoms with Crippen molar-refractivity contribution in [2.24, 2.45) is 0 Å². The van der Waals surface area contributed by atoms with Crippen LogP contribution in [0.1, 0.15) is 61.5 Å². The minimum atomic E-state index is -0.0319. The van der Waals surface area contributed by atoms with E-state index in [1.165, 1.54) is 31.2 Å². The fourth-order valence-electron chi connectivity index (χ4n) is 3.61. The minimum absolute atomic E-state index is 0.0319. The van der Waals surface area contributed by atoms with E-state index >= 15 is 0 Å². The first-order valence-corrected chi connectivity index (χ1v) is 8.26. The van der Waals surface area contributed by atoms with Gasteiger partial charge in [0.2, 0.25) is 0 Å². The van der Waals surface area contributed by atoms with E-state index in [0.717, 1.165) is 24.4 Å². The van der Waals surface area contributed by atoms with E-state index in [0.29, 0.717) is 11.1 Å². The Bertz CT molecular complexity index is 644. The molecule has 1 heterocycles. The molecule has 0 amide bonds. The van der Waals surface area contributed by atoms with Gasteiger partial charge >= 0.3 is 0 Å². The van der Waals surface area contributed by atoms with Gasteiger partial charge in [-0.2, -0.15) is 0 Å². The Morgan fingerprint density at radius 2 is 1.71 bits per heavy atom. The summed E-state index contributed by atoms with van der Waals surface area (Å²) in [5, 5.41) is 0.601. The standard InChI is InChI=1S/C18H19ClN2/c19-16-12-15(13-8-9-13)20-17(21-16)18(10-4-5-11-18)14-6-2-1-3-7-14/h1-3,6-7,12-13H,4-5,8-11H2. The molecule has 21 heavy (non-hydrogen) atoms. The Labute approximate surface area is 130 Å². The van der Waals surface area contributed by atoms with Crippen LogP contribution in [0.4, 0.5) is 0 Å². The van der Waals surface area contributed by atoms with Crippen molar-refractivity contribution in [3.05, 3.63) is 58.6 Å². The van der Waals surface area contributed by atoms with Gasteiger partial charge in [0.15, 0.2) is 0 Å². The van der Waals surface area contributed by atoms with E-state index in [4.69, 9.17) is 16.6 Å². The van der Waals surface area contributed by atoms with Crippen LogP contribution in [0.15, 0.2) is 36.4 Å². The highest BCUT2D eigenvalue weighted by Gasteiger charge is 2.41. The average molecular weight is 299 g/mol. The summed E-state index contributed by atoms with van der Waals surface area (Å²) in [6, 6.07) is 12.7. The predicted octanol–water partition coefficient (Wildman–Crippen LogP) is 4.87. The highest BCUT2D eigenvalue weighted by atomic mass is 35.5. The molecule has 2 aromatic rings. The van der Waals surface area contributed by atoms with E-state index in [-0.39, 0.29) is 5.41 Å². The molecule has 3 heteroatoms. The number of nitrogens with zero attached hydrogens (tertiary/aromatic N) is 2. The molecule has 1 aromatic carbocycles. The van der Waals surface area contributed by atoms with Gasteiger partial charge < -0.3 is 0 Å². The lowest BCUT2D eigenvalue weighted by atomic mass is 9.78. The molecule has 2 fully saturated rings. The van der Waals surface area contributed by atoms with Crippen molar-refractivity contribution >= 4 is 11.6 Å². The smallest absolute Gasteiger partial charge is 0.140 e. The van der Waals surface area contributed by atoms with Crippen molar-refractivity contribution in [3.8, 4) is 0 Å². The monoisotopic (exact) mass is 298 g/mol. The zero-order valence-electron chi connectivity index (χ0n) is 12.1. The maximum Gasteiger partial charge on any atom is 0.140 e. The van der Waals surface area contributed by atoms with Gasteiger partial charge in [0.25, 0.3) is 0 Å². The molecule has 0 bridgehead atoms. The lowest BCUT2D eigenvalue weighted by molar-refractivity contribution is 0.496. The van der Waals surface area contributed by atoms with Gasteiger partial charge in [-0.25, -0.2) is 9.97 Å². The minimum Gasteiger partial charge on any atom is -0.237 e. The Balaban J connectivity index is 1.84. The van der Waals surface area contributed by atoms with Gasteiger partial charge in [-0.05, 0) is 37.3 Å². The molecule has 0 radical (unpaired) electrons. The molecule has 4 rings (SSSR count). The molecular weight excluding hydrogens is 280 g/mol. The van der Waals surface area contributed by atoms with E-state index in [2.05, 4.69) is 35.3 Å². The third-order valence-corrected chi connectivity index (χ3v) is 5.12. The van der Waals surface area contributed by atoms with Crippen molar-refractivity contribution in [1.82, 2.24) is 9.97 Å². The second-order valence-electron chi connectivity index (χ2n) is 6.37. The Hall–Kier alpha value is -1.41. The van der Waals surface area contributed by atoms with Gasteiger partial charge in [0, 0.05) is 11.6 Å². The largest absolute Gasteiger partial charge is 0.237 e. The lowest BCUT2D eigenvalue weighted by Gasteiger charge is -2.28. The summed E-state index contributed by atoms with van der Waals surface area (Å²) in [4.78, 5) is 9.56. The molecule has 2 nitrogen and oxygen atoms in total. The van der Waals surface area contributed by atoms with Gasteiger partial charge in [0.05, 0.1) is 5.41 Å². The first-order chi connectivity index (χ1) is 10.3. The third-order valence-electron chi connectivity index (χ3n) is 4.92. The normalized spacial score (nSPS) is 20.6. The summed E-state index contributed by atoms with van der Waals surface area (Å²) in [6.45, 7) is 0. The third kappa shape index (κ3) is 2.36. The van der Waals surface area contributed by atoms with Crippen LogP contribution in [-0.4, -0.2) is 9.97 Å². The molecule has 2 aliphatic rings. The number of hydrogen-bond donors (Lipinski definition) is 0. The molecule has 0 spiro atoms. The number of rotatable bonds is 3. The fourth-order valence-corrected chi connectivity index (χ4v) is 3.81. The Kier molecular flexibility index (Phi) is 3.22. The molecule has 2 saturated carbocycles. The van der Waals surface area contributed by atoms with Crippen LogP contribution in [0, 0.1) is 0 Å².